The van der Waals surface area contributed by atoms with Crippen molar-refractivity contribution in [1.29, 1.82) is 5.26 Å². The van der Waals surface area contributed by atoms with Crippen LogP contribution in [0.25, 0.3) is 11.0 Å². The first-order chi connectivity index (χ1) is 9.11. The molecule has 0 aliphatic rings. The van der Waals surface area contributed by atoms with Gasteiger partial charge in [-0.2, -0.15) is 5.26 Å². The molecule has 0 amide bonds. The van der Waals surface area contributed by atoms with Crippen LogP contribution in [0.4, 0.5) is 0 Å². The van der Waals surface area contributed by atoms with Crippen LogP contribution in [0.3, 0.4) is 0 Å². The standard InChI is InChI=1S/C13H13N3O3/c14-6-5-12-15-10-3-1-2-4-11(10)16(12)8-9(17)7-13(18)19/h1-4,9,17H,5,7-8H2,(H,18,19). The van der Waals surface area contributed by atoms with E-state index in [0.717, 1.165) is 11.0 Å². The number of nitrogens with zero attached hydrogens (tertiary/aromatic N) is 3. The fraction of sp³-hybridized carbons (Fsp3) is 0.308. The molecule has 19 heavy (non-hydrogen) atoms. The Morgan fingerprint density at radius 1 is 1.47 bits per heavy atom. The third kappa shape index (κ3) is 2.89. The van der Waals surface area contributed by atoms with Crippen molar-refractivity contribution in [2.45, 2.75) is 25.5 Å². The number of aromatic nitrogens is 2. The molecule has 0 aliphatic carbocycles. The summed E-state index contributed by atoms with van der Waals surface area (Å²) in [6.07, 6.45) is -1.22. The maximum atomic E-state index is 10.6. The number of carboxylic acids is 1. The Labute approximate surface area is 109 Å². The highest BCUT2D eigenvalue weighted by molar-refractivity contribution is 5.76. The van der Waals surface area contributed by atoms with E-state index in [2.05, 4.69) is 4.98 Å². The van der Waals surface area contributed by atoms with Gasteiger partial charge in [-0.3, -0.25) is 4.79 Å². The smallest absolute Gasteiger partial charge is 0.306 e. The Balaban J connectivity index is 2.36. The summed E-state index contributed by atoms with van der Waals surface area (Å²) >= 11 is 0. The molecule has 0 saturated heterocycles. The fourth-order valence-electron chi connectivity index (χ4n) is 2.01. The highest BCUT2D eigenvalue weighted by Crippen LogP contribution is 2.17. The molecule has 1 aromatic carbocycles. The lowest BCUT2D eigenvalue weighted by atomic mass is 10.2. The molecule has 0 saturated carbocycles. The number of rotatable bonds is 5. The van der Waals surface area contributed by atoms with Gasteiger partial charge in [0.25, 0.3) is 0 Å². The van der Waals surface area contributed by atoms with Crippen molar-refractivity contribution >= 4 is 17.0 Å². The van der Waals surface area contributed by atoms with E-state index in [1.165, 1.54) is 0 Å². The van der Waals surface area contributed by atoms with Gasteiger partial charge in [-0.15, -0.1) is 0 Å². The second-order valence-corrected chi connectivity index (χ2v) is 4.21. The third-order valence-electron chi connectivity index (χ3n) is 2.77. The number of imidazole rings is 1. The first kappa shape index (κ1) is 13.1. The molecular formula is C13H13N3O3. The normalized spacial score (nSPS) is 12.2. The lowest BCUT2D eigenvalue weighted by molar-refractivity contribution is -0.139. The van der Waals surface area contributed by atoms with Crippen LogP contribution in [0.1, 0.15) is 12.2 Å². The zero-order chi connectivity index (χ0) is 13.8. The second kappa shape index (κ2) is 5.50. The molecule has 6 nitrogen and oxygen atoms in total. The van der Waals surface area contributed by atoms with Gasteiger partial charge in [0.2, 0.25) is 0 Å². The fourth-order valence-corrected chi connectivity index (χ4v) is 2.01. The number of hydrogen-bond acceptors (Lipinski definition) is 4. The molecule has 0 spiro atoms. The van der Waals surface area contributed by atoms with E-state index in [9.17, 15) is 9.90 Å². The van der Waals surface area contributed by atoms with Gasteiger partial charge in [0, 0.05) is 0 Å². The molecule has 6 heteroatoms. The van der Waals surface area contributed by atoms with Crippen LogP contribution >= 0.6 is 0 Å². The number of benzene rings is 1. The third-order valence-corrected chi connectivity index (χ3v) is 2.77. The van der Waals surface area contributed by atoms with E-state index < -0.39 is 12.1 Å². The maximum absolute atomic E-state index is 10.6. The monoisotopic (exact) mass is 259 g/mol. The molecule has 1 heterocycles. The van der Waals surface area contributed by atoms with Crippen LogP contribution in [0.5, 0.6) is 0 Å². The first-order valence-electron chi connectivity index (χ1n) is 5.82. The van der Waals surface area contributed by atoms with Crippen LogP contribution in [-0.2, 0) is 17.8 Å². The van der Waals surface area contributed by atoms with Crippen molar-refractivity contribution in [1.82, 2.24) is 9.55 Å². The van der Waals surface area contributed by atoms with Gasteiger partial charge >= 0.3 is 5.97 Å². The average Bonchev–Trinajstić information content (AvgIpc) is 2.67. The largest absolute Gasteiger partial charge is 0.481 e. The Hall–Kier alpha value is -2.39. The number of aliphatic hydroxyl groups is 1. The number of nitriles is 1. The van der Waals surface area contributed by atoms with E-state index in [4.69, 9.17) is 10.4 Å². The SMILES string of the molecule is N#CCc1nc2ccccc2n1CC(O)CC(=O)O. The van der Waals surface area contributed by atoms with Crippen LogP contribution < -0.4 is 0 Å². The van der Waals surface area contributed by atoms with Crippen molar-refractivity contribution < 1.29 is 15.0 Å². The van der Waals surface area contributed by atoms with Crippen LogP contribution in [0, 0.1) is 11.3 Å². The minimum absolute atomic E-state index is 0.115. The van der Waals surface area contributed by atoms with E-state index in [-0.39, 0.29) is 19.4 Å². The molecule has 2 aromatic rings. The predicted molar refractivity (Wildman–Crippen MR) is 67.3 cm³/mol. The van der Waals surface area contributed by atoms with E-state index in [0.29, 0.717) is 5.82 Å². The van der Waals surface area contributed by atoms with Gasteiger partial charge in [0.15, 0.2) is 0 Å². The van der Waals surface area contributed by atoms with Crippen molar-refractivity contribution in [2.24, 2.45) is 0 Å². The number of fused-ring (bicyclic) bond motifs is 1. The molecule has 1 atom stereocenters. The van der Waals surface area contributed by atoms with Gasteiger partial charge in [-0.1, -0.05) is 12.1 Å². The highest BCUT2D eigenvalue weighted by atomic mass is 16.4. The van der Waals surface area contributed by atoms with Crippen LogP contribution in [0.15, 0.2) is 24.3 Å². The Bertz CT molecular complexity index is 642. The number of aliphatic carboxylic acids is 1. The number of aliphatic hydroxyl groups excluding tert-OH is 1. The van der Waals surface area contributed by atoms with Crippen LogP contribution in [-0.4, -0.2) is 31.8 Å². The zero-order valence-corrected chi connectivity index (χ0v) is 10.2. The lowest BCUT2D eigenvalue weighted by Gasteiger charge is -2.12. The highest BCUT2D eigenvalue weighted by Gasteiger charge is 2.15. The Morgan fingerprint density at radius 3 is 2.89 bits per heavy atom. The summed E-state index contributed by atoms with van der Waals surface area (Å²) in [4.78, 5) is 14.9. The van der Waals surface area contributed by atoms with Gasteiger partial charge in [0.05, 0.1) is 42.6 Å². The summed E-state index contributed by atoms with van der Waals surface area (Å²) in [5.41, 5.74) is 1.52. The lowest BCUT2D eigenvalue weighted by Crippen LogP contribution is -2.21. The number of carboxylic acid groups (broad SMARTS) is 1. The summed E-state index contributed by atoms with van der Waals surface area (Å²) in [5, 5.41) is 27.2. The van der Waals surface area contributed by atoms with Gasteiger partial charge < -0.3 is 14.8 Å². The Kier molecular flexibility index (Phi) is 3.78. The summed E-state index contributed by atoms with van der Waals surface area (Å²) in [6, 6.07) is 9.33. The van der Waals surface area contributed by atoms with E-state index in [1.807, 2.05) is 30.3 Å². The van der Waals surface area contributed by atoms with E-state index in [1.54, 1.807) is 4.57 Å². The van der Waals surface area contributed by atoms with Crippen molar-refractivity contribution in [3.63, 3.8) is 0 Å². The molecule has 2 rings (SSSR count). The maximum Gasteiger partial charge on any atom is 0.306 e. The van der Waals surface area contributed by atoms with Crippen molar-refractivity contribution in [3.8, 4) is 6.07 Å². The predicted octanol–water partition coefficient (Wildman–Crippen LogP) is 0.938. The molecule has 0 radical (unpaired) electrons. The average molecular weight is 259 g/mol. The molecule has 1 aromatic heterocycles. The molecule has 0 aliphatic heterocycles. The van der Waals surface area contributed by atoms with Crippen LogP contribution in [0.2, 0.25) is 0 Å². The summed E-state index contributed by atoms with van der Waals surface area (Å²) in [7, 11) is 0. The van der Waals surface area contributed by atoms with E-state index >= 15 is 0 Å². The van der Waals surface area contributed by atoms with Gasteiger partial charge in [-0.25, -0.2) is 4.98 Å². The minimum Gasteiger partial charge on any atom is -0.481 e. The summed E-state index contributed by atoms with van der Waals surface area (Å²) in [6.45, 7) is 0.115. The molecule has 1 unspecified atom stereocenters. The number of para-hydroxylation sites is 2. The minimum atomic E-state index is -1.06. The quantitative estimate of drug-likeness (QED) is 0.832. The topological polar surface area (TPSA) is 99.1 Å². The van der Waals surface area contributed by atoms with Gasteiger partial charge in [-0.05, 0) is 12.1 Å². The van der Waals surface area contributed by atoms with Gasteiger partial charge in [0.1, 0.15) is 5.82 Å². The number of carbonyl (C=O) groups is 1. The molecule has 98 valence electrons. The zero-order valence-electron chi connectivity index (χ0n) is 10.2. The summed E-state index contributed by atoms with van der Waals surface area (Å²) in [5.74, 6) is -0.521. The van der Waals surface area contributed by atoms with Crippen molar-refractivity contribution in [3.05, 3.63) is 30.1 Å². The molecule has 0 bridgehead atoms. The first-order valence-corrected chi connectivity index (χ1v) is 5.82. The second-order valence-electron chi connectivity index (χ2n) is 4.21. The van der Waals surface area contributed by atoms with Crippen molar-refractivity contribution in [2.75, 3.05) is 0 Å². The number of hydrogen-bond donors (Lipinski definition) is 2. The Morgan fingerprint density at radius 2 is 2.21 bits per heavy atom. The molecular weight excluding hydrogens is 246 g/mol. The molecule has 0 fully saturated rings. The summed E-state index contributed by atoms with van der Waals surface area (Å²) < 4.78 is 1.70. The molecule has 2 N–H and O–H groups in total.